The number of rotatable bonds is 2. The molecule has 6 aromatic rings. The van der Waals surface area contributed by atoms with Gasteiger partial charge < -0.3 is 4.57 Å². The van der Waals surface area contributed by atoms with E-state index in [1.54, 1.807) is 6.20 Å². The van der Waals surface area contributed by atoms with Crippen molar-refractivity contribution in [3.8, 4) is 22.9 Å². The summed E-state index contributed by atoms with van der Waals surface area (Å²) in [4.78, 5) is 4.25. The summed E-state index contributed by atoms with van der Waals surface area (Å²) in [6.45, 7) is 0. The van der Waals surface area contributed by atoms with Gasteiger partial charge in [0.05, 0.1) is 16.6 Å². The second kappa shape index (κ2) is 6.83. The maximum Gasteiger partial charge on any atom is 0.101 e. The number of benzene rings is 4. The van der Waals surface area contributed by atoms with Gasteiger partial charge in [-0.15, -0.1) is 0 Å². The second-order valence-electron chi connectivity index (χ2n) is 7.66. The second-order valence-corrected chi connectivity index (χ2v) is 7.66. The minimum Gasteiger partial charge on any atom is -0.309 e. The Hall–Kier alpha value is -4.42. The molecule has 0 fully saturated rings. The average molecular weight is 395 g/mol. The van der Waals surface area contributed by atoms with Crippen LogP contribution in [0.2, 0.25) is 0 Å². The fourth-order valence-electron chi connectivity index (χ4n) is 4.48. The van der Waals surface area contributed by atoms with Gasteiger partial charge in [0, 0.05) is 34.4 Å². The molecule has 0 unspecified atom stereocenters. The lowest BCUT2D eigenvalue weighted by Gasteiger charge is -2.08. The van der Waals surface area contributed by atoms with Crippen molar-refractivity contribution in [3.63, 3.8) is 0 Å². The zero-order chi connectivity index (χ0) is 20.8. The lowest BCUT2D eigenvalue weighted by atomic mass is 10.0. The summed E-state index contributed by atoms with van der Waals surface area (Å²) in [5.41, 5.74) is 6.04. The normalized spacial score (nSPS) is 11.2. The van der Waals surface area contributed by atoms with Gasteiger partial charge in [0.2, 0.25) is 0 Å². The van der Waals surface area contributed by atoms with Gasteiger partial charge in [-0.2, -0.15) is 5.26 Å². The van der Waals surface area contributed by atoms with Gasteiger partial charge in [0.1, 0.15) is 6.07 Å². The number of nitrogens with zero attached hydrogens (tertiary/aromatic N) is 3. The molecule has 0 bridgehead atoms. The molecule has 0 saturated carbocycles. The number of hydrogen-bond acceptors (Lipinski definition) is 2. The monoisotopic (exact) mass is 395 g/mol. The van der Waals surface area contributed by atoms with Gasteiger partial charge in [-0.1, -0.05) is 54.6 Å². The lowest BCUT2D eigenvalue weighted by Crippen LogP contribution is -1.93. The van der Waals surface area contributed by atoms with Gasteiger partial charge >= 0.3 is 0 Å². The van der Waals surface area contributed by atoms with Crippen molar-refractivity contribution < 1.29 is 0 Å². The van der Waals surface area contributed by atoms with Crippen molar-refractivity contribution in [2.24, 2.45) is 0 Å². The average Bonchev–Trinajstić information content (AvgIpc) is 3.18. The zero-order valence-corrected chi connectivity index (χ0v) is 16.7. The van der Waals surface area contributed by atoms with Gasteiger partial charge in [-0.3, -0.25) is 4.98 Å². The van der Waals surface area contributed by atoms with E-state index < -0.39 is 0 Å². The molecule has 0 saturated heterocycles. The first-order chi connectivity index (χ1) is 15.3. The van der Waals surface area contributed by atoms with Gasteiger partial charge in [0.25, 0.3) is 0 Å². The third kappa shape index (κ3) is 2.70. The summed E-state index contributed by atoms with van der Waals surface area (Å²) in [5, 5.41) is 14.2. The van der Waals surface area contributed by atoms with E-state index in [2.05, 4.69) is 94.5 Å². The standard InChI is InChI=1S/C28H17N3/c29-16-19-14-22(18-30-17-19)21-11-12-26-25(15-21)28-24-9-5-4-6-20(24)10-13-27(28)31(26)23-7-2-1-3-8-23/h1-15,17-18H. The van der Waals surface area contributed by atoms with Crippen molar-refractivity contribution in [2.45, 2.75) is 0 Å². The van der Waals surface area contributed by atoms with Gasteiger partial charge in [0.15, 0.2) is 0 Å². The Morgan fingerprint density at radius 3 is 2.35 bits per heavy atom. The van der Waals surface area contributed by atoms with E-state index >= 15 is 0 Å². The van der Waals surface area contributed by atoms with Gasteiger partial charge in [-0.05, 0) is 52.7 Å². The van der Waals surface area contributed by atoms with E-state index in [0.717, 1.165) is 22.3 Å². The maximum absolute atomic E-state index is 9.28. The summed E-state index contributed by atoms with van der Waals surface area (Å²) >= 11 is 0. The Bertz CT molecular complexity index is 1640. The summed E-state index contributed by atoms with van der Waals surface area (Å²) in [6.07, 6.45) is 3.41. The van der Waals surface area contributed by atoms with Crippen LogP contribution in [0.1, 0.15) is 5.56 Å². The molecule has 0 aliphatic rings. The van der Waals surface area contributed by atoms with Crippen molar-refractivity contribution >= 4 is 32.6 Å². The molecular weight excluding hydrogens is 378 g/mol. The molecule has 2 aromatic heterocycles. The van der Waals surface area contributed by atoms with Crippen LogP contribution in [0.15, 0.2) is 103 Å². The predicted molar refractivity (Wildman–Crippen MR) is 126 cm³/mol. The molecule has 0 radical (unpaired) electrons. The van der Waals surface area contributed by atoms with E-state index in [0.29, 0.717) is 5.56 Å². The number of aromatic nitrogens is 2. The molecule has 6 rings (SSSR count). The summed E-state index contributed by atoms with van der Waals surface area (Å²) in [6, 6.07) is 34.0. The Kier molecular flexibility index (Phi) is 3.84. The highest BCUT2D eigenvalue weighted by Crippen LogP contribution is 2.38. The quantitative estimate of drug-likeness (QED) is 0.321. The fourth-order valence-corrected chi connectivity index (χ4v) is 4.48. The Balaban J connectivity index is 1.75. The molecule has 4 aromatic carbocycles. The first kappa shape index (κ1) is 17.4. The third-order valence-corrected chi connectivity index (χ3v) is 5.87. The van der Waals surface area contributed by atoms with E-state index in [9.17, 15) is 5.26 Å². The minimum atomic E-state index is 0.565. The highest BCUT2D eigenvalue weighted by molar-refractivity contribution is 6.21. The van der Waals surface area contributed by atoms with E-state index in [1.807, 2.05) is 18.3 Å². The van der Waals surface area contributed by atoms with Crippen LogP contribution in [0, 0.1) is 11.3 Å². The molecule has 3 nitrogen and oxygen atoms in total. The summed E-state index contributed by atoms with van der Waals surface area (Å²) in [7, 11) is 0. The zero-order valence-electron chi connectivity index (χ0n) is 16.7. The van der Waals surface area contributed by atoms with Crippen molar-refractivity contribution in [1.29, 1.82) is 5.26 Å². The van der Waals surface area contributed by atoms with E-state index in [4.69, 9.17) is 0 Å². The van der Waals surface area contributed by atoms with E-state index in [1.165, 1.54) is 27.1 Å². The molecule has 0 spiro atoms. The molecule has 0 aliphatic carbocycles. The van der Waals surface area contributed by atoms with Crippen molar-refractivity contribution in [3.05, 3.63) is 109 Å². The Morgan fingerprint density at radius 1 is 0.677 bits per heavy atom. The van der Waals surface area contributed by atoms with Crippen LogP contribution in [0.25, 0.3) is 49.4 Å². The SMILES string of the molecule is N#Cc1cncc(-c2ccc3c(c2)c2c4ccccc4ccc2n3-c2ccccc2)c1. The number of nitriles is 1. The van der Waals surface area contributed by atoms with Crippen LogP contribution in [-0.2, 0) is 0 Å². The highest BCUT2D eigenvalue weighted by atomic mass is 15.0. The molecule has 144 valence electrons. The third-order valence-electron chi connectivity index (χ3n) is 5.87. The molecular formula is C28H17N3. The lowest BCUT2D eigenvalue weighted by molar-refractivity contribution is 1.18. The van der Waals surface area contributed by atoms with Crippen LogP contribution >= 0.6 is 0 Å². The van der Waals surface area contributed by atoms with Crippen LogP contribution < -0.4 is 0 Å². The molecule has 0 N–H and O–H groups in total. The van der Waals surface area contributed by atoms with Crippen LogP contribution in [0.5, 0.6) is 0 Å². The highest BCUT2D eigenvalue weighted by Gasteiger charge is 2.15. The van der Waals surface area contributed by atoms with E-state index in [-0.39, 0.29) is 0 Å². The minimum absolute atomic E-state index is 0.565. The van der Waals surface area contributed by atoms with Gasteiger partial charge in [-0.25, -0.2) is 0 Å². The fraction of sp³-hybridized carbons (Fsp3) is 0. The molecule has 0 atom stereocenters. The number of hydrogen-bond donors (Lipinski definition) is 0. The smallest absolute Gasteiger partial charge is 0.101 e. The van der Waals surface area contributed by atoms with Crippen LogP contribution in [0.4, 0.5) is 0 Å². The van der Waals surface area contributed by atoms with Crippen LogP contribution in [0.3, 0.4) is 0 Å². The molecule has 3 heteroatoms. The molecule has 31 heavy (non-hydrogen) atoms. The van der Waals surface area contributed by atoms with Crippen molar-refractivity contribution in [2.75, 3.05) is 0 Å². The Morgan fingerprint density at radius 2 is 1.48 bits per heavy atom. The predicted octanol–water partition coefficient (Wildman–Crippen LogP) is 6.87. The van der Waals surface area contributed by atoms with Crippen LogP contribution in [-0.4, -0.2) is 9.55 Å². The topological polar surface area (TPSA) is 41.6 Å². The molecule has 0 aliphatic heterocycles. The summed E-state index contributed by atoms with van der Waals surface area (Å²) < 4.78 is 2.32. The largest absolute Gasteiger partial charge is 0.309 e. The molecule has 2 heterocycles. The number of para-hydroxylation sites is 1. The Labute approximate surface area is 179 Å². The molecule has 0 amide bonds. The van der Waals surface area contributed by atoms with Crippen molar-refractivity contribution in [1.82, 2.24) is 9.55 Å². The maximum atomic E-state index is 9.28. The summed E-state index contributed by atoms with van der Waals surface area (Å²) in [5.74, 6) is 0. The number of pyridine rings is 1. The number of fused-ring (bicyclic) bond motifs is 5. The first-order valence-corrected chi connectivity index (χ1v) is 10.2. The first-order valence-electron chi connectivity index (χ1n) is 10.2.